The Morgan fingerprint density at radius 2 is 1.56 bits per heavy atom. The second-order valence-electron chi connectivity index (χ2n) is 6.80. The second kappa shape index (κ2) is 4.01. The summed E-state index contributed by atoms with van der Waals surface area (Å²) in [6.07, 6.45) is 1.76. The molecule has 0 radical (unpaired) electrons. The molecular weight excluding hydrogens is 222 g/mol. The summed E-state index contributed by atoms with van der Waals surface area (Å²) in [6, 6.07) is 4.05. The van der Waals surface area contributed by atoms with E-state index in [0.717, 1.165) is 16.7 Å². The van der Waals surface area contributed by atoms with Gasteiger partial charge in [-0.3, -0.25) is 0 Å². The third-order valence-corrected chi connectivity index (χ3v) is 3.00. The molecule has 0 bridgehead atoms. The summed E-state index contributed by atoms with van der Waals surface area (Å²) in [6.45, 7) is 13.2. The van der Waals surface area contributed by atoms with E-state index in [1.165, 1.54) is 5.56 Å². The number of aromatic nitrogens is 3. The lowest BCUT2D eigenvalue weighted by molar-refractivity contribution is 0.511. The molecule has 96 valence electrons. The largest absolute Gasteiger partial charge is 0.235 e. The molecule has 0 N–H and O–H groups in total. The first-order valence-corrected chi connectivity index (χ1v) is 6.33. The van der Waals surface area contributed by atoms with Gasteiger partial charge in [0, 0.05) is 17.0 Å². The Kier molecular flexibility index (Phi) is 2.88. The smallest absolute Gasteiger partial charge is 0.182 e. The Labute approximate surface area is 109 Å². The van der Waals surface area contributed by atoms with Crippen molar-refractivity contribution in [2.45, 2.75) is 52.4 Å². The zero-order chi connectivity index (χ0) is 13.6. The Balaban J connectivity index is 2.89. The zero-order valence-electron chi connectivity index (χ0n) is 12.1. The highest BCUT2D eigenvalue weighted by Crippen LogP contribution is 2.35. The van der Waals surface area contributed by atoms with Gasteiger partial charge in [-0.2, -0.15) is 5.10 Å². The van der Waals surface area contributed by atoms with Crippen LogP contribution in [0.2, 0.25) is 0 Å². The van der Waals surface area contributed by atoms with E-state index in [1.807, 2.05) is 6.07 Å². The number of rotatable bonds is 0. The van der Waals surface area contributed by atoms with Gasteiger partial charge in [-0.1, -0.05) is 41.5 Å². The van der Waals surface area contributed by atoms with Crippen molar-refractivity contribution in [2.24, 2.45) is 0 Å². The molecule has 0 amide bonds. The molecule has 2 aromatic rings. The summed E-state index contributed by atoms with van der Waals surface area (Å²) in [4.78, 5) is 4.30. The average molecular weight is 243 g/mol. The fourth-order valence-electron chi connectivity index (χ4n) is 2.23. The van der Waals surface area contributed by atoms with E-state index < -0.39 is 0 Å². The van der Waals surface area contributed by atoms with Gasteiger partial charge in [0.1, 0.15) is 0 Å². The van der Waals surface area contributed by atoms with E-state index in [2.05, 4.69) is 62.8 Å². The number of fused-ring (bicyclic) bond motifs is 1. The predicted octanol–water partition coefficient (Wildman–Crippen LogP) is 3.62. The lowest BCUT2D eigenvalue weighted by atomic mass is 9.77. The van der Waals surface area contributed by atoms with Gasteiger partial charge in [0.25, 0.3) is 0 Å². The fraction of sp³-hybridized carbons (Fsp3) is 0.533. The van der Waals surface area contributed by atoms with Gasteiger partial charge in [0.2, 0.25) is 0 Å². The van der Waals surface area contributed by atoms with Crippen LogP contribution in [0.15, 0.2) is 18.3 Å². The van der Waals surface area contributed by atoms with Crippen LogP contribution in [-0.4, -0.2) is 15.2 Å². The minimum absolute atomic E-state index is 0.0142. The Hall–Kier alpha value is -1.51. The SMILES string of the molecule is CC(C)(C)c1nnc2ncccc2c1C(C)(C)C. The van der Waals surface area contributed by atoms with E-state index in [4.69, 9.17) is 0 Å². The highest BCUT2D eigenvalue weighted by atomic mass is 15.1. The van der Waals surface area contributed by atoms with Crippen molar-refractivity contribution in [3.05, 3.63) is 29.6 Å². The first-order valence-electron chi connectivity index (χ1n) is 6.33. The fourth-order valence-corrected chi connectivity index (χ4v) is 2.23. The Bertz CT molecular complexity index is 574. The average Bonchev–Trinajstić information content (AvgIpc) is 2.24. The summed E-state index contributed by atoms with van der Waals surface area (Å²) in [5, 5.41) is 9.81. The molecule has 2 rings (SSSR count). The first-order chi connectivity index (χ1) is 8.21. The standard InChI is InChI=1S/C15H21N3/c1-14(2,3)11-10-8-7-9-16-13(10)18-17-12(11)15(4,5)6/h7-9H,1-6H3. The minimum Gasteiger partial charge on any atom is -0.235 e. The number of hydrogen-bond donors (Lipinski definition) is 0. The molecule has 0 aromatic carbocycles. The summed E-state index contributed by atoms with van der Waals surface area (Å²) in [7, 11) is 0. The topological polar surface area (TPSA) is 38.7 Å². The van der Waals surface area contributed by atoms with E-state index in [0.29, 0.717) is 0 Å². The van der Waals surface area contributed by atoms with Crippen molar-refractivity contribution in [2.75, 3.05) is 0 Å². The quantitative estimate of drug-likeness (QED) is 0.709. The normalized spacial score (nSPS) is 13.0. The summed E-state index contributed by atoms with van der Waals surface area (Å²) >= 11 is 0. The van der Waals surface area contributed by atoms with Crippen molar-refractivity contribution >= 4 is 11.0 Å². The molecule has 18 heavy (non-hydrogen) atoms. The highest BCUT2D eigenvalue weighted by molar-refractivity contribution is 5.80. The molecule has 3 heteroatoms. The molecule has 0 unspecified atom stereocenters. The van der Waals surface area contributed by atoms with Crippen LogP contribution in [-0.2, 0) is 10.8 Å². The van der Waals surface area contributed by atoms with Crippen LogP contribution in [0.4, 0.5) is 0 Å². The van der Waals surface area contributed by atoms with Gasteiger partial charge in [-0.15, -0.1) is 5.10 Å². The van der Waals surface area contributed by atoms with Gasteiger partial charge in [-0.25, -0.2) is 4.98 Å². The van der Waals surface area contributed by atoms with Crippen molar-refractivity contribution in [1.82, 2.24) is 15.2 Å². The van der Waals surface area contributed by atoms with Crippen molar-refractivity contribution < 1.29 is 0 Å². The Morgan fingerprint density at radius 1 is 0.889 bits per heavy atom. The van der Waals surface area contributed by atoms with Crippen LogP contribution in [0.25, 0.3) is 11.0 Å². The highest BCUT2D eigenvalue weighted by Gasteiger charge is 2.29. The van der Waals surface area contributed by atoms with Gasteiger partial charge in [0.05, 0.1) is 5.69 Å². The van der Waals surface area contributed by atoms with Crippen LogP contribution in [0.3, 0.4) is 0 Å². The van der Waals surface area contributed by atoms with Crippen LogP contribution in [0.5, 0.6) is 0 Å². The van der Waals surface area contributed by atoms with Crippen LogP contribution in [0.1, 0.15) is 52.8 Å². The van der Waals surface area contributed by atoms with E-state index >= 15 is 0 Å². The molecule has 0 aliphatic heterocycles. The molecule has 2 heterocycles. The number of nitrogens with zero attached hydrogens (tertiary/aromatic N) is 3. The summed E-state index contributed by atoms with van der Waals surface area (Å²) in [5.41, 5.74) is 3.07. The van der Waals surface area contributed by atoms with Gasteiger partial charge in [0.15, 0.2) is 5.65 Å². The van der Waals surface area contributed by atoms with Gasteiger partial charge in [-0.05, 0) is 23.1 Å². The van der Waals surface area contributed by atoms with Crippen LogP contribution < -0.4 is 0 Å². The lowest BCUT2D eigenvalue weighted by Gasteiger charge is -2.29. The molecule has 0 aliphatic rings. The van der Waals surface area contributed by atoms with E-state index in [-0.39, 0.29) is 10.8 Å². The molecule has 0 fully saturated rings. The molecule has 2 aromatic heterocycles. The third kappa shape index (κ3) is 2.22. The van der Waals surface area contributed by atoms with E-state index in [9.17, 15) is 0 Å². The monoisotopic (exact) mass is 243 g/mol. The van der Waals surface area contributed by atoms with Crippen molar-refractivity contribution in [3.8, 4) is 0 Å². The molecule has 3 nitrogen and oxygen atoms in total. The molecular formula is C15H21N3. The second-order valence-corrected chi connectivity index (χ2v) is 6.80. The zero-order valence-corrected chi connectivity index (χ0v) is 12.1. The number of pyridine rings is 1. The molecule has 0 aliphatic carbocycles. The first kappa shape index (κ1) is 12.9. The van der Waals surface area contributed by atoms with Crippen LogP contribution in [0, 0.1) is 0 Å². The molecule has 0 atom stereocenters. The molecule has 0 saturated carbocycles. The van der Waals surface area contributed by atoms with Crippen molar-refractivity contribution in [1.29, 1.82) is 0 Å². The Morgan fingerprint density at radius 3 is 2.11 bits per heavy atom. The maximum Gasteiger partial charge on any atom is 0.182 e. The van der Waals surface area contributed by atoms with E-state index in [1.54, 1.807) is 6.20 Å². The van der Waals surface area contributed by atoms with Gasteiger partial charge >= 0.3 is 0 Å². The molecule has 0 spiro atoms. The maximum absolute atomic E-state index is 4.43. The molecule has 0 saturated heterocycles. The summed E-state index contributed by atoms with van der Waals surface area (Å²) in [5.74, 6) is 0. The number of hydrogen-bond acceptors (Lipinski definition) is 3. The lowest BCUT2D eigenvalue weighted by Crippen LogP contribution is -2.24. The summed E-state index contributed by atoms with van der Waals surface area (Å²) < 4.78 is 0. The van der Waals surface area contributed by atoms with Crippen molar-refractivity contribution in [3.63, 3.8) is 0 Å². The maximum atomic E-state index is 4.43. The predicted molar refractivity (Wildman–Crippen MR) is 74.7 cm³/mol. The van der Waals surface area contributed by atoms with Crippen LogP contribution >= 0.6 is 0 Å². The van der Waals surface area contributed by atoms with Gasteiger partial charge < -0.3 is 0 Å². The third-order valence-electron chi connectivity index (χ3n) is 3.00. The minimum atomic E-state index is -0.0142.